The molecule has 0 atom stereocenters. The van der Waals surface area contributed by atoms with Crippen molar-refractivity contribution in [3.63, 3.8) is 0 Å². The molecule has 114 valence electrons. The summed E-state index contributed by atoms with van der Waals surface area (Å²) in [6.07, 6.45) is 8.19. The Morgan fingerprint density at radius 2 is 2.24 bits per heavy atom. The molecule has 1 aromatic rings. The van der Waals surface area contributed by atoms with Crippen LogP contribution in [0.25, 0.3) is 0 Å². The van der Waals surface area contributed by atoms with E-state index in [2.05, 4.69) is 11.4 Å². The van der Waals surface area contributed by atoms with Crippen LogP contribution in [-0.2, 0) is 4.79 Å². The van der Waals surface area contributed by atoms with E-state index in [4.69, 9.17) is 16.3 Å². The Labute approximate surface area is 131 Å². The standard InChI is InChI=1S/C17H22ClNO2/c1-13-11-15(7-8-16(13)18)21-12-17(20)19-10-9-14-5-3-2-4-6-14/h5,7-8,11H,2-4,6,9-10,12H2,1H3,(H,19,20). The second kappa shape index (κ2) is 8.08. The number of aryl methyl sites for hydroxylation is 1. The van der Waals surface area contributed by atoms with Crippen LogP contribution in [0.1, 0.15) is 37.7 Å². The molecule has 0 saturated carbocycles. The van der Waals surface area contributed by atoms with E-state index in [9.17, 15) is 4.79 Å². The van der Waals surface area contributed by atoms with Crippen molar-refractivity contribution in [3.8, 4) is 5.75 Å². The molecule has 4 heteroatoms. The van der Waals surface area contributed by atoms with Crippen molar-refractivity contribution in [3.05, 3.63) is 40.4 Å². The van der Waals surface area contributed by atoms with Gasteiger partial charge in [0.25, 0.3) is 5.91 Å². The number of rotatable bonds is 6. The van der Waals surface area contributed by atoms with Gasteiger partial charge in [-0.1, -0.05) is 23.3 Å². The smallest absolute Gasteiger partial charge is 0.257 e. The molecule has 0 fully saturated rings. The molecule has 0 aliphatic heterocycles. The largest absolute Gasteiger partial charge is 0.484 e. The Hall–Kier alpha value is -1.48. The molecule has 21 heavy (non-hydrogen) atoms. The van der Waals surface area contributed by atoms with Gasteiger partial charge in [0, 0.05) is 11.6 Å². The van der Waals surface area contributed by atoms with Crippen LogP contribution in [-0.4, -0.2) is 19.1 Å². The first-order valence-corrected chi connectivity index (χ1v) is 7.86. The molecule has 3 nitrogen and oxygen atoms in total. The molecule has 0 saturated heterocycles. The number of allylic oxidation sites excluding steroid dienone is 1. The summed E-state index contributed by atoms with van der Waals surface area (Å²) in [6, 6.07) is 5.39. The van der Waals surface area contributed by atoms with Crippen LogP contribution in [0, 0.1) is 6.92 Å². The zero-order chi connectivity index (χ0) is 15.1. The molecule has 1 aliphatic carbocycles. The number of benzene rings is 1. The highest BCUT2D eigenvalue weighted by Gasteiger charge is 2.06. The molecule has 2 rings (SSSR count). The fraction of sp³-hybridized carbons (Fsp3) is 0.471. The van der Waals surface area contributed by atoms with E-state index in [1.54, 1.807) is 12.1 Å². The monoisotopic (exact) mass is 307 g/mol. The number of carbonyl (C=O) groups excluding carboxylic acids is 1. The van der Waals surface area contributed by atoms with Gasteiger partial charge in [-0.2, -0.15) is 0 Å². The van der Waals surface area contributed by atoms with E-state index >= 15 is 0 Å². The molecule has 1 N–H and O–H groups in total. The first-order chi connectivity index (χ1) is 10.1. The predicted molar refractivity (Wildman–Crippen MR) is 85.9 cm³/mol. The summed E-state index contributed by atoms with van der Waals surface area (Å²) in [7, 11) is 0. The van der Waals surface area contributed by atoms with Crippen molar-refractivity contribution in [2.24, 2.45) is 0 Å². The van der Waals surface area contributed by atoms with Gasteiger partial charge >= 0.3 is 0 Å². The predicted octanol–water partition coefficient (Wildman–Crippen LogP) is 4.03. The Kier molecular flexibility index (Phi) is 6.12. The van der Waals surface area contributed by atoms with Gasteiger partial charge in [0.2, 0.25) is 0 Å². The quantitative estimate of drug-likeness (QED) is 0.806. The molecule has 0 heterocycles. The fourth-order valence-corrected chi connectivity index (χ4v) is 2.52. The Bertz CT molecular complexity index is 526. The van der Waals surface area contributed by atoms with Crippen LogP contribution in [0.5, 0.6) is 5.75 Å². The Morgan fingerprint density at radius 1 is 1.38 bits per heavy atom. The van der Waals surface area contributed by atoms with Crippen LogP contribution in [0.2, 0.25) is 5.02 Å². The second-order valence-corrected chi connectivity index (χ2v) is 5.81. The van der Waals surface area contributed by atoms with Crippen LogP contribution in [0.15, 0.2) is 29.8 Å². The average Bonchev–Trinajstić information content (AvgIpc) is 2.49. The van der Waals surface area contributed by atoms with Crippen LogP contribution in [0.4, 0.5) is 0 Å². The van der Waals surface area contributed by atoms with Crippen LogP contribution < -0.4 is 10.1 Å². The average molecular weight is 308 g/mol. The van der Waals surface area contributed by atoms with Crippen molar-refractivity contribution in [2.45, 2.75) is 39.0 Å². The number of ether oxygens (including phenoxy) is 1. The summed E-state index contributed by atoms with van der Waals surface area (Å²) < 4.78 is 5.46. The van der Waals surface area contributed by atoms with Crippen molar-refractivity contribution < 1.29 is 9.53 Å². The summed E-state index contributed by atoms with van der Waals surface area (Å²) in [5.41, 5.74) is 2.41. The SMILES string of the molecule is Cc1cc(OCC(=O)NCCC2=CCCCC2)ccc1Cl. The van der Waals surface area contributed by atoms with Gasteiger partial charge in [0.05, 0.1) is 0 Å². The maximum atomic E-state index is 11.7. The van der Waals surface area contributed by atoms with Gasteiger partial charge in [0.15, 0.2) is 6.61 Å². The minimum absolute atomic E-state index is 0.0418. The fourth-order valence-electron chi connectivity index (χ4n) is 2.40. The molecule has 0 radical (unpaired) electrons. The molecule has 0 spiro atoms. The maximum Gasteiger partial charge on any atom is 0.257 e. The summed E-state index contributed by atoms with van der Waals surface area (Å²) in [4.78, 5) is 11.7. The highest BCUT2D eigenvalue weighted by atomic mass is 35.5. The lowest BCUT2D eigenvalue weighted by Crippen LogP contribution is -2.30. The lowest BCUT2D eigenvalue weighted by Gasteiger charge is -2.13. The minimum Gasteiger partial charge on any atom is -0.484 e. The number of hydrogen-bond donors (Lipinski definition) is 1. The maximum absolute atomic E-state index is 11.7. The van der Waals surface area contributed by atoms with Gasteiger partial charge in [-0.15, -0.1) is 0 Å². The third kappa shape index (κ3) is 5.43. The van der Waals surface area contributed by atoms with Crippen molar-refractivity contribution in [1.82, 2.24) is 5.32 Å². The molecule has 0 unspecified atom stereocenters. The van der Waals surface area contributed by atoms with Gasteiger partial charge < -0.3 is 10.1 Å². The van der Waals surface area contributed by atoms with E-state index in [0.717, 1.165) is 12.0 Å². The molecular formula is C17H22ClNO2. The Balaban J connectivity index is 1.67. The summed E-state index contributed by atoms with van der Waals surface area (Å²) in [5.74, 6) is 0.584. The van der Waals surface area contributed by atoms with Crippen LogP contribution in [0.3, 0.4) is 0 Å². The van der Waals surface area contributed by atoms with E-state index in [1.165, 1.54) is 31.3 Å². The zero-order valence-corrected chi connectivity index (χ0v) is 13.2. The molecule has 1 aromatic carbocycles. The normalized spacial score (nSPS) is 14.5. The molecule has 0 bridgehead atoms. The van der Waals surface area contributed by atoms with E-state index < -0.39 is 0 Å². The zero-order valence-electron chi connectivity index (χ0n) is 12.5. The lowest BCUT2D eigenvalue weighted by molar-refractivity contribution is -0.123. The third-order valence-corrected chi connectivity index (χ3v) is 4.08. The van der Waals surface area contributed by atoms with E-state index in [0.29, 0.717) is 17.3 Å². The number of nitrogens with one attached hydrogen (secondary N) is 1. The summed E-state index contributed by atoms with van der Waals surface area (Å²) in [6.45, 7) is 2.64. The molecule has 1 amide bonds. The molecule has 0 aromatic heterocycles. The Morgan fingerprint density at radius 3 is 2.95 bits per heavy atom. The van der Waals surface area contributed by atoms with Gasteiger partial charge in [0.1, 0.15) is 5.75 Å². The van der Waals surface area contributed by atoms with E-state index in [1.807, 2.05) is 13.0 Å². The number of halogens is 1. The minimum atomic E-state index is -0.0842. The molecule has 1 aliphatic rings. The van der Waals surface area contributed by atoms with Crippen LogP contribution >= 0.6 is 11.6 Å². The highest BCUT2D eigenvalue weighted by Crippen LogP contribution is 2.21. The molecular weight excluding hydrogens is 286 g/mol. The number of amides is 1. The van der Waals surface area contributed by atoms with Gasteiger partial charge in [-0.05, 0) is 62.8 Å². The van der Waals surface area contributed by atoms with Gasteiger partial charge in [-0.25, -0.2) is 0 Å². The topological polar surface area (TPSA) is 38.3 Å². The van der Waals surface area contributed by atoms with Crippen molar-refractivity contribution >= 4 is 17.5 Å². The lowest BCUT2D eigenvalue weighted by atomic mass is 9.97. The first kappa shape index (κ1) is 15.9. The second-order valence-electron chi connectivity index (χ2n) is 5.41. The highest BCUT2D eigenvalue weighted by molar-refractivity contribution is 6.31. The van der Waals surface area contributed by atoms with E-state index in [-0.39, 0.29) is 12.5 Å². The third-order valence-electron chi connectivity index (χ3n) is 3.65. The number of hydrogen-bond acceptors (Lipinski definition) is 2. The summed E-state index contributed by atoms with van der Waals surface area (Å²) in [5, 5.41) is 3.60. The number of carbonyl (C=O) groups is 1. The van der Waals surface area contributed by atoms with Gasteiger partial charge in [-0.3, -0.25) is 4.79 Å². The van der Waals surface area contributed by atoms with Crippen molar-refractivity contribution in [2.75, 3.05) is 13.2 Å². The summed E-state index contributed by atoms with van der Waals surface area (Å²) >= 11 is 5.95. The van der Waals surface area contributed by atoms with Crippen molar-refractivity contribution in [1.29, 1.82) is 0 Å². The first-order valence-electron chi connectivity index (χ1n) is 7.49.